The molecule has 0 amide bonds. The summed E-state index contributed by atoms with van der Waals surface area (Å²) in [5.41, 5.74) is 7.13. The van der Waals surface area contributed by atoms with Crippen LogP contribution < -0.4 is 10.2 Å². The van der Waals surface area contributed by atoms with E-state index in [1.54, 1.807) is 12.4 Å². The van der Waals surface area contributed by atoms with Gasteiger partial charge in [0, 0.05) is 35.5 Å². The van der Waals surface area contributed by atoms with E-state index >= 15 is 0 Å². The Morgan fingerprint density at radius 2 is 1.02 bits per heavy atom. The summed E-state index contributed by atoms with van der Waals surface area (Å²) in [5.74, 6) is -0.778. The predicted octanol–water partition coefficient (Wildman–Crippen LogP) is 6.26. The van der Waals surface area contributed by atoms with Gasteiger partial charge >= 0.3 is 16.8 Å². The molecule has 0 heterocycles. The first-order chi connectivity index (χ1) is 20.8. The van der Waals surface area contributed by atoms with E-state index in [0.717, 1.165) is 61.8 Å². The molecule has 45 heavy (non-hydrogen) atoms. The van der Waals surface area contributed by atoms with Gasteiger partial charge in [0.15, 0.2) is 0 Å². The van der Waals surface area contributed by atoms with E-state index in [-0.39, 0.29) is 28.3 Å². The number of carbonyl (C=O) groups excluding carboxylic acids is 2. The average molecular weight is 662 g/mol. The maximum atomic E-state index is 10.8. The molecule has 0 bridgehead atoms. The number of para-hydroxylation sites is 2. The Morgan fingerprint density at radius 3 is 1.29 bits per heavy atom. The second-order valence-corrected chi connectivity index (χ2v) is 10.5. The predicted molar refractivity (Wildman–Crippen MR) is 175 cm³/mol. The van der Waals surface area contributed by atoms with Crippen LogP contribution >= 0.6 is 0 Å². The minimum atomic E-state index is -1.08. The first-order valence-corrected chi connectivity index (χ1v) is 15.0. The number of carbonyl (C=O) groups is 2. The van der Waals surface area contributed by atoms with Crippen molar-refractivity contribution in [3.63, 3.8) is 0 Å². The Labute approximate surface area is 278 Å². The Morgan fingerprint density at radius 1 is 0.711 bits per heavy atom. The van der Waals surface area contributed by atoms with Crippen LogP contribution in [0.5, 0.6) is 11.5 Å². The maximum Gasteiger partial charge on any atom is 2.00 e. The summed E-state index contributed by atoms with van der Waals surface area (Å²) >= 11 is 0. The zero-order valence-electron chi connectivity index (χ0n) is 27.5. The van der Waals surface area contributed by atoms with Crippen molar-refractivity contribution in [2.45, 2.75) is 92.9 Å². The SMILES string of the molecule is CC(=O)[O-].CC(=O)[O-].CCc1cc(C(C)CC)cc(C=Nc2ccccc2N=Cc2cc(C(C)CC)cc(CC)c2O)c1O.[Co+2]. The molecule has 0 saturated carbocycles. The van der Waals surface area contributed by atoms with Crippen LogP contribution in [-0.4, -0.2) is 34.6 Å². The molecule has 3 aromatic carbocycles. The molecule has 245 valence electrons. The van der Waals surface area contributed by atoms with Gasteiger partial charge in [-0.15, -0.1) is 0 Å². The molecule has 1 radical (unpaired) electrons. The molecule has 8 nitrogen and oxygen atoms in total. The van der Waals surface area contributed by atoms with Gasteiger partial charge in [0.25, 0.3) is 0 Å². The summed E-state index contributed by atoms with van der Waals surface area (Å²) < 4.78 is 0. The van der Waals surface area contributed by atoms with Crippen LogP contribution in [-0.2, 0) is 39.2 Å². The van der Waals surface area contributed by atoms with Gasteiger partial charge in [-0.3, -0.25) is 9.98 Å². The van der Waals surface area contributed by atoms with E-state index in [1.807, 2.05) is 36.4 Å². The monoisotopic (exact) mass is 661 g/mol. The van der Waals surface area contributed by atoms with E-state index in [9.17, 15) is 10.2 Å². The number of hydrogen-bond donors (Lipinski definition) is 2. The Hall–Kier alpha value is -3.95. The van der Waals surface area contributed by atoms with Crippen molar-refractivity contribution >= 4 is 35.7 Å². The average Bonchev–Trinajstić information content (AvgIpc) is 2.99. The molecule has 9 heteroatoms. The number of hydrogen-bond acceptors (Lipinski definition) is 8. The van der Waals surface area contributed by atoms with Gasteiger partial charge in [0.05, 0.1) is 11.4 Å². The van der Waals surface area contributed by atoms with Gasteiger partial charge in [0.2, 0.25) is 0 Å². The van der Waals surface area contributed by atoms with Crippen molar-refractivity contribution < 1.29 is 46.8 Å². The van der Waals surface area contributed by atoms with Gasteiger partial charge in [-0.05, 0) is 97.9 Å². The number of aliphatic imine (C=N–C) groups is 2. The number of aryl methyl sites for hydroxylation is 2. The summed E-state index contributed by atoms with van der Waals surface area (Å²) in [6.45, 7) is 14.8. The molecule has 0 saturated heterocycles. The number of aromatic hydroxyl groups is 2. The molecule has 0 aromatic heterocycles. The molecule has 2 atom stereocenters. The van der Waals surface area contributed by atoms with Crippen molar-refractivity contribution in [3.05, 3.63) is 81.9 Å². The molecule has 0 aliphatic rings. The molecule has 3 aromatic rings. The Kier molecular flexibility index (Phi) is 19.1. The zero-order chi connectivity index (χ0) is 33.4. The number of nitrogens with zero attached hydrogens (tertiary/aromatic N) is 2. The maximum absolute atomic E-state index is 10.8. The first-order valence-electron chi connectivity index (χ1n) is 15.0. The molecule has 0 aliphatic heterocycles. The van der Waals surface area contributed by atoms with Crippen LogP contribution in [0.3, 0.4) is 0 Å². The van der Waals surface area contributed by atoms with Crippen molar-refractivity contribution in [1.82, 2.24) is 0 Å². The number of carboxylic acid groups (broad SMARTS) is 2. The van der Waals surface area contributed by atoms with Gasteiger partial charge in [-0.25, -0.2) is 0 Å². The minimum absolute atomic E-state index is 0. The first kappa shape index (κ1) is 41.0. The van der Waals surface area contributed by atoms with Crippen LogP contribution in [0.1, 0.15) is 113 Å². The topological polar surface area (TPSA) is 145 Å². The second kappa shape index (κ2) is 20.9. The van der Waals surface area contributed by atoms with E-state index < -0.39 is 11.9 Å². The summed E-state index contributed by atoms with van der Waals surface area (Å²) in [6.07, 6.45) is 7.04. The quantitative estimate of drug-likeness (QED) is 0.245. The van der Waals surface area contributed by atoms with E-state index in [0.29, 0.717) is 23.2 Å². The van der Waals surface area contributed by atoms with Crippen molar-refractivity contribution in [2.75, 3.05) is 0 Å². The number of carboxylic acids is 2. The fourth-order valence-corrected chi connectivity index (χ4v) is 4.23. The summed E-state index contributed by atoms with van der Waals surface area (Å²) in [4.78, 5) is 27.2. The van der Waals surface area contributed by atoms with Gasteiger partial charge in [0.1, 0.15) is 11.5 Å². The summed E-state index contributed by atoms with van der Waals surface area (Å²) in [6, 6.07) is 15.9. The molecule has 3 rings (SSSR count). The normalized spacial score (nSPS) is 11.9. The van der Waals surface area contributed by atoms with Crippen molar-refractivity contribution in [2.24, 2.45) is 9.98 Å². The summed E-state index contributed by atoms with van der Waals surface area (Å²) in [7, 11) is 0. The van der Waals surface area contributed by atoms with Crippen molar-refractivity contribution in [1.29, 1.82) is 0 Å². The fourth-order valence-electron chi connectivity index (χ4n) is 4.23. The van der Waals surface area contributed by atoms with Crippen LogP contribution in [0.25, 0.3) is 0 Å². The molecule has 2 unspecified atom stereocenters. The van der Waals surface area contributed by atoms with Crippen LogP contribution in [0, 0.1) is 0 Å². The summed E-state index contributed by atoms with van der Waals surface area (Å²) in [5, 5.41) is 39.4. The molecule has 2 N–H and O–H groups in total. The standard InChI is InChI=1S/C32H40N2O2.2C2H4O2.Co/c1-7-21(5)25-15-23(9-3)31(35)27(17-25)19-33-29-13-11-12-14-30(29)34-20-28-18-26(22(6)8-2)16-24(10-4)32(28)36;2*1-2(3)4;/h11-22,35-36H,7-10H2,1-6H3;2*1H3,(H,3,4);/q;;;+2/p-2. The van der Waals surface area contributed by atoms with E-state index in [2.05, 4.69) is 53.7 Å². The smallest absolute Gasteiger partial charge is 0.550 e. The number of phenolic OH excluding ortho intramolecular Hbond substituents is 2. The third-order valence-electron chi connectivity index (χ3n) is 7.17. The van der Waals surface area contributed by atoms with Crippen LogP contribution in [0.15, 0.2) is 58.5 Å². The molecular weight excluding hydrogens is 615 g/mol. The van der Waals surface area contributed by atoms with Crippen LogP contribution in [0.4, 0.5) is 11.4 Å². The van der Waals surface area contributed by atoms with Gasteiger partial charge < -0.3 is 30.0 Å². The fraction of sp³-hybridized carbons (Fsp3) is 0.389. The second-order valence-electron chi connectivity index (χ2n) is 10.5. The molecule has 0 aliphatic carbocycles. The number of benzene rings is 3. The molecule has 0 fully saturated rings. The molecule has 0 spiro atoms. The third-order valence-corrected chi connectivity index (χ3v) is 7.17. The third kappa shape index (κ3) is 13.7. The van der Waals surface area contributed by atoms with Gasteiger partial charge in [-0.1, -0.05) is 65.8 Å². The number of aliphatic carboxylic acids is 2. The largest absolute Gasteiger partial charge is 2.00 e. The zero-order valence-corrected chi connectivity index (χ0v) is 28.6. The Bertz CT molecular complexity index is 1340. The van der Waals surface area contributed by atoms with Crippen LogP contribution in [0.2, 0.25) is 0 Å². The number of phenols is 2. The van der Waals surface area contributed by atoms with Gasteiger partial charge in [-0.2, -0.15) is 0 Å². The van der Waals surface area contributed by atoms with Crippen molar-refractivity contribution in [3.8, 4) is 11.5 Å². The number of rotatable bonds is 10. The minimum Gasteiger partial charge on any atom is -0.550 e. The molecular formula is C36H46CoN2O6. The van der Waals surface area contributed by atoms with E-state index in [4.69, 9.17) is 29.8 Å². The Balaban J connectivity index is 0.00000192. The van der Waals surface area contributed by atoms with E-state index in [1.165, 1.54) is 11.1 Å².